The van der Waals surface area contributed by atoms with Crippen LogP contribution in [-0.4, -0.2) is 67.0 Å². The highest BCUT2D eigenvalue weighted by Crippen LogP contribution is 2.38. The lowest BCUT2D eigenvalue weighted by Crippen LogP contribution is -2.31. The van der Waals surface area contributed by atoms with Gasteiger partial charge in [-0.05, 0) is 57.9 Å². The molecular formula is C27H36N4O6S. The molecule has 206 valence electrons. The van der Waals surface area contributed by atoms with Crippen LogP contribution in [0.3, 0.4) is 0 Å². The van der Waals surface area contributed by atoms with Crippen LogP contribution >= 0.6 is 0 Å². The second-order valence-electron chi connectivity index (χ2n) is 9.76. The molecule has 1 aromatic carbocycles. The Kier molecular flexibility index (Phi) is 8.69. The average Bonchev–Trinajstić information content (AvgIpc) is 3.56. The van der Waals surface area contributed by atoms with Gasteiger partial charge in [-0.25, -0.2) is 8.42 Å². The first-order valence-electron chi connectivity index (χ1n) is 12.7. The van der Waals surface area contributed by atoms with Gasteiger partial charge in [0.15, 0.2) is 15.7 Å². The van der Waals surface area contributed by atoms with E-state index in [0.717, 1.165) is 12.0 Å². The van der Waals surface area contributed by atoms with Crippen LogP contribution in [0.4, 0.5) is 0 Å². The van der Waals surface area contributed by atoms with Crippen molar-refractivity contribution < 1.29 is 27.4 Å². The van der Waals surface area contributed by atoms with Crippen LogP contribution in [0.2, 0.25) is 0 Å². The number of ether oxygens (including phenoxy) is 4. The summed E-state index contributed by atoms with van der Waals surface area (Å²) in [5, 5.41) is 7.91. The highest BCUT2D eigenvalue weighted by molar-refractivity contribution is 7.91. The number of aromatic nitrogens is 4. The van der Waals surface area contributed by atoms with Crippen molar-refractivity contribution in [1.29, 1.82) is 0 Å². The number of pyridine rings is 1. The van der Waals surface area contributed by atoms with E-state index in [2.05, 4.69) is 15.2 Å². The molecule has 4 rings (SSSR count). The molecule has 11 heteroatoms. The molecule has 0 aliphatic carbocycles. The van der Waals surface area contributed by atoms with E-state index < -0.39 is 21.2 Å². The maximum atomic E-state index is 13.9. The van der Waals surface area contributed by atoms with Gasteiger partial charge in [-0.3, -0.25) is 9.55 Å². The summed E-state index contributed by atoms with van der Waals surface area (Å²) in [6.45, 7) is 8.41. The minimum absolute atomic E-state index is 0.0419. The van der Waals surface area contributed by atoms with Crippen LogP contribution in [0, 0.1) is 6.92 Å². The smallest absolute Gasteiger partial charge is 0.163 e. The standard InChI is InChI=1S/C27H36N4O6S/c1-17(2)37-26(21-11-10-18(3)14-28-21)19(4)38(32,33)16-24-29-30-27(20-12-13-36-15-20)31(24)25-22(34-5)8-7-9-23(25)35-6/h7-11,14,17,19-20,26H,12-13,15-16H2,1-6H3/t19-,20+,26+/m0/s1. The second-order valence-corrected chi connectivity index (χ2v) is 12.1. The Morgan fingerprint density at radius 2 is 1.79 bits per heavy atom. The van der Waals surface area contributed by atoms with Crippen molar-refractivity contribution >= 4 is 9.84 Å². The number of para-hydroxylation sites is 1. The number of rotatable bonds is 11. The van der Waals surface area contributed by atoms with E-state index in [4.69, 9.17) is 18.9 Å². The summed E-state index contributed by atoms with van der Waals surface area (Å²) in [4.78, 5) is 4.47. The van der Waals surface area contributed by atoms with Gasteiger partial charge in [0.1, 0.15) is 34.9 Å². The van der Waals surface area contributed by atoms with Crippen LogP contribution in [0.1, 0.15) is 62.1 Å². The molecule has 38 heavy (non-hydrogen) atoms. The fraction of sp³-hybridized carbons (Fsp3) is 0.519. The quantitative estimate of drug-likeness (QED) is 0.354. The number of sulfone groups is 1. The summed E-state index contributed by atoms with van der Waals surface area (Å²) >= 11 is 0. The van der Waals surface area contributed by atoms with E-state index in [1.807, 2.05) is 39.0 Å². The molecule has 3 heterocycles. The number of methoxy groups -OCH3 is 2. The minimum atomic E-state index is -3.80. The van der Waals surface area contributed by atoms with E-state index in [1.54, 1.807) is 44.0 Å². The second kappa shape index (κ2) is 11.8. The van der Waals surface area contributed by atoms with Crippen molar-refractivity contribution in [3.8, 4) is 17.2 Å². The van der Waals surface area contributed by atoms with Gasteiger partial charge in [0.05, 0.1) is 37.9 Å². The fourth-order valence-electron chi connectivity index (χ4n) is 4.58. The van der Waals surface area contributed by atoms with Gasteiger partial charge in [0, 0.05) is 18.7 Å². The lowest BCUT2D eigenvalue weighted by molar-refractivity contribution is 0.00404. The van der Waals surface area contributed by atoms with Crippen LogP contribution in [0.15, 0.2) is 36.5 Å². The SMILES string of the molecule is COc1cccc(OC)c1-n1c(CS(=O)(=O)[C@@H](C)[C@@H](OC(C)C)c2ccc(C)cn2)nnc1[C@@H]1CCOC1. The molecule has 1 fully saturated rings. The third-order valence-corrected chi connectivity index (χ3v) is 8.68. The molecule has 0 bridgehead atoms. The highest BCUT2D eigenvalue weighted by atomic mass is 32.2. The van der Waals surface area contributed by atoms with E-state index >= 15 is 0 Å². The molecule has 1 aliphatic rings. The van der Waals surface area contributed by atoms with Gasteiger partial charge in [-0.2, -0.15) is 0 Å². The zero-order chi connectivity index (χ0) is 27.4. The molecule has 0 saturated carbocycles. The first-order valence-corrected chi connectivity index (χ1v) is 14.4. The van der Waals surface area contributed by atoms with Crippen molar-refractivity contribution in [2.75, 3.05) is 27.4 Å². The maximum Gasteiger partial charge on any atom is 0.163 e. The number of hydrogen-bond acceptors (Lipinski definition) is 9. The van der Waals surface area contributed by atoms with Gasteiger partial charge >= 0.3 is 0 Å². The molecule has 0 unspecified atom stereocenters. The van der Waals surface area contributed by atoms with E-state index in [1.165, 1.54) is 0 Å². The van der Waals surface area contributed by atoms with E-state index in [9.17, 15) is 8.42 Å². The lowest BCUT2D eigenvalue weighted by atomic mass is 10.1. The third kappa shape index (κ3) is 5.84. The zero-order valence-corrected chi connectivity index (χ0v) is 23.6. The fourth-order valence-corrected chi connectivity index (χ4v) is 5.97. The van der Waals surface area contributed by atoms with Crippen molar-refractivity contribution in [3.63, 3.8) is 0 Å². The molecule has 0 radical (unpaired) electrons. The Balaban J connectivity index is 1.78. The molecule has 0 spiro atoms. The van der Waals surface area contributed by atoms with Crippen LogP contribution < -0.4 is 9.47 Å². The first-order chi connectivity index (χ1) is 18.2. The Labute approximate surface area is 224 Å². The maximum absolute atomic E-state index is 13.9. The largest absolute Gasteiger partial charge is 0.494 e. The van der Waals surface area contributed by atoms with Gasteiger partial charge in [0.25, 0.3) is 0 Å². The molecule has 1 saturated heterocycles. The number of hydrogen-bond donors (Lipinski definition) is 0. The van der Waals surface area contributed by atoms with Gasteiger partial charge < -0.3 is 18.9 Å². The summed E-state index contributed by atoms with van der Waals surface area (Å²) in [6.07, 6.45) is 1.52. The summed E-state index contributed by atoms with van der Waals surface area (Å²) in [6, 6.07) is 9.12. The highest BCUT2D eigenvalue weighted by Gasteiger charge is 2.36. The van der Waals surface area contributed by atoms with Crippen molar-refractivity contribution in [1.82, 2.24) is 19.7 Å². The summed E-state index contributed by atoms with van der Waals surface area (Å²) in [5.41, 5.74) is 2.10. The molecular weight excluding hydrogens is 508 g/mol. The Morgan fingerprint density at radius 1 is 1.08 bits per heavy atom. The van der Waals surface area contributed by atoms with Crippen molar-refractivity contribution in [3.05, 3.63) is 59.4 Å². The predicted molar refractivity (Wildman–Crippen MR) is 143 cm³/mol. The van der Waals surface area contributed by atoms with Crippen molar-refractivity contribution in [2.24, 2.45) is 0 Å². The summed E-state index contributed by atoms with van der Waals surface area (Å²) in [5.74, 6) is 1.50. The van der Waals surface area contributed by atoms with Gasteiger partial charge in [0.2, 0.25) is 0 Å². The lowest BCUT2D eigenvalue weighted by Gasteiger charge is -2.26. The summed E-state index contributed by atoms with van der Waals surface area (Å²) < 4.78 is 52.6. The third-order valence-electron chi connectivity index (χ3n) is 6.64. The Hall–Kier alpha value is -3.02. The molecule has 0 N–H and O–H groups in total. The molecule has 0 amide bonds. The van der Waals surface area contributed by atoms with Crippen molar-refractivity contribution in [2.45, 2.75) is 63.2 Å². The minimum Gasteiger partial charge on any atom is -0.494 e. The number of benzene rings is 1. The average molecular weight is 545 g/mol. The summed E-state index contributed by atoms with van der Waals surface area (Å²) in [7, 11) is -0.683. The van der Waals surface area contributed by atoms with Crippen LogP contribution in [0.5, 0.6) is 11.5 Å². The molecule has 10 nitrogen and oxygen atoms in total. The van der Waals surface area contributed by atoms with E-state index in [-0.39, 0.29) is 23.6 Å². The van der Waals surface area contributed by atoms with Gasteiger partial charge in [-0.1, -0.05) is 12.1 Å². The zero-order valence-electron chi connectivity index (χ0n) is 22.7. The van der Waals surface area contributed by atoms with Gasteiger partial charge in [-0.15, -0.1) is 10.2 Å². The first kappa shape index (κ1) is 28.0. The number of aryl methyl sites for hydroxylation is 1. The molecule has 3 atom stereocenters. The normalized spacial score (nSPS) is 17.5. The monoisotopic (exact) mass is 544 g/mol. The number of nitrogens with zero attached hydrogens (tertiary/aromatic N) is 4. The molecule has 3 aromatic rings. The van der Waals surface area contributed by atoms with Crippen LogP contribution in [0.25, 0.3) is 5.69 Å². The Morgan fingerprint density at radius 3 is 2.34 bits per heavy atom. The Bertz CT molecular complexity index is 1310. The van der Waals surface area contributed by atoms with E-state index in [0.29, 0.717) is 41.9 Å². The molecule has 1 aliphatic heterocycles. The van der Waals surface area contributed by atoms with Crippen LogP contribution in [-0.2, 0) is 25.1 Å². The predicted octanol–water partition coefficient (Wildman–Crippen LogP) is 3.96. The molecule has 2 aromatic heterocycles. The topological polar surface area (TPSA) is 115 Å².